The Morgan fingerprint density at radius 2 is 1.72 bits per heavy atom. The summed E-state index contributed by atoms with van der Waals surface area (Å²) in [5, 5.41) is 1.87. The zero-order valence-electron chi connectivity index (χ0n) is 11.5. The van der Waals surface area contributed by atoms with Gasteiger partial charge in [0.15, 0.2) is 0 Å². The molecule has 0 aliphatic heterocycles. The van der Waals surface area contributed by atoms with E-state index in [-0.39, 0.29) is 0 Å². The van der Waals surface area contributed by atoms with E-state index >= 15 is 0 Å². The van der Waals surface area contributed by atoms with E-state index in [0.29, 0.717) is 5.41 Å². The van der Waals surface area contributed by atoms with Crippen molar-refractivity contribution in [2.75, 3.05) is 18.9 Å². The van der Waals surface area contributed by atoms with E-state index in [4.69, 9.17) is 11.6 Å². The lowest BCUT2D eigenvalue weighted by atomic mass is 9.84. The minimum atomic E-state index is 0.390. The summed E-state index contributed by atoms with van der Waals surface area (Å²) in [6.07, 6.45) is 2.42. The van der Waals surface area contributed by atoms with Gasteiger partial charge in [0.2, 0.25) is 0 Å². The maximum atomic E-state index is 5.90. The molecule has 0 radical (unpaired) electrons. The minimum absolute atomic E-state index is 0.390. The monoisotopic (exact) mass is 331 g/mol. The molecule has 0 aliphatic carbocycles. The van der Waals surface area contributed by atoms with Crippen molar-refractivity contribution in [2.45, 2.75) is 33.2 Å². The molecule has 0 heterocycles. The van der Waals surface area contributed by atoms with Crippen LogP contribution in [0.25, 0.3) is 0 Å². The molecule has 0 atom stereocenters. The van der Waals surface area contributed by atoms with Crippen molar-refractivity contribution in [3.05, 3.63) is 34.9 Å². The fraction of sp³-hybridized carbons (Fsp3) is 0.600. The molecule has 0 aromatic heterocycles. The molecule has 0 saturated heterocycles. The van der Waals surface area contributed by atoms with Gasteiger partial charge in [0.1, 0.15) is 0 Å². The van der Waals surface area contributed by atoms with Crippen molar-refractivity contribution in [1.82, 2.24) is 4.90 Å². The number of alkyl halides is 1. The zero-order chi connectivity index (χ0) is 13.6. The van der Waals surface area contributed by atoms with E-state index < -0.39 is 0 Å². The van der Waals surface area contributed by atoms with Crippen LogP contribution in [0, 0.1) is 5.41 Å². The van der Waals surface area contributed by atoms with Crippen LogP contribution in [-0.2, 0) is 6.54 Å². The first-order valence-corrected chi connectivity index (χ1v) is 8.04. The maximum absolute atomic E-state index is 5.90. The van der Waals surface area contributed by atoms with E-state index in [2.05, 4.69) is 53.9 Å². The van der Waals surface area contributed by atoms with Gasteiger partial charge in [0.25, 0.3) is 0 Å². The van der Waals surface area contributed by atoms with Crippen LogP contribution in [-0.4, -0.2) is 23.8 Å². The van der Waals surface area contributed by atoms with Gasteiger partial charge in [-0.3, -0.25) is 0 Å². The first kappa shape index (κ1) is 16.0. The highest BCUT2D eigenvalue weighted by atomic mass is 79.9. The summed E-state index contributed by atoms with van der Waals surface area (Å²) in [5.74, 6) is 0. The molecule has 18 heavy (non-hydrogen) atoms. The van der Waals surface area contributed by atoms with Crippen molar-refractivity contribution >= 4 is 27.5 Å². The Labute approximate surface area is 125 Å². The SMILES string of the molecule is CCC(CC)(CBr)CN(C)Cc1ccc(Cl)cc1. The second-order valence-corrected chi connectivity index (χ2v) is 6.14. The molecule has 3 heteroatoms. The lowest BCUT2D eigenvalue weighted by molar-refractivity contribution is 0.180. The molecular weight excluding hydrogens is 310 g/mol. The number of nitrogens with zero attached hydrogens (tertiary/aromatic N) is 1. The fourth-order valence-electron chi connectivity index (χ4n) is 2.23. The molecule has 0 unspecified atom stereocenters. The van der Waals surface area contributed by atoms with Gasteiger partial charge in [-0.1, -0.05) is 53.5 Å². The van der Waals surface area contributed by atoms with Gasteiger partial charge in [-0.2, -0.15) is 0 Å². The van der Waals surface area contributed by atoms with Crippen LogP contribution in [0.3, 0.4) is 0 Å². The van der Waals surface area contributed by atoms with Gasteiger partial charge < -0.3 is 4.90 Å². The minimum Gasteiger partial charge on any atom is -0.302 e. The maximum Gasteiger partial charge on any atom is 0.0406 e. The molecule has 0 saturated carbocycles. The molecule has 0 fully saturated rings. The van der Waals surface area contributed by atoms with Crippen molar-refractivity contribution in [2.24, 2.45) is 5.41 Å². The highest BCUT2D eigenvalue weighted by Crippen LogP contribution is 2.30. The molecule has 0 aliphatic rings. The first-order chi connectivity index (χ1) is 8.55. The lowest BCUT2D eigenvalue weighted by Crippen LogP contribution is -2.35. The van der Waals surface area contributed by atoms with Crippen molar-refractivity contribution in [3.8, 4) is 0 Å². The van der Waals surface area contributed by atoms with Crippen LogP contribution in [0.5, 0.6) is 0 Å². The van der Waals surface area contributed by atoms with Gasteiger partial charge in [0, 0.05) is 23.4 Å². The number of benzene rings is 1. The van der Waals surface area contributed by atoms with Gasteiger partial charge in [-0.25, -0.2) is 0 Å². The summed E-state index contributed by atoms with van der Waals surface area (Å²) in [4.78, 5) is 2.40. The standard InChI is InChI=1S/C15H23BrClN/c1-4-15(5-2,11-16)12-18(3)10-13-6-8-14(17)9-7-13/h6-9H,4-5,10-12H2,1-3H3. The highest BCUT2D eigenvalue weighted by Gasteiger charge is 2.26. The summed E-state index contributed by atoms with van der Waals surface area (Å²) in [6.45, 7) is 6.65. The molecule has 1 rings (SSSR count). The van der Waals surface area contributed by atoms with E-state index in [1.807, 2.05) is 12.1 Å². The van der Waals surface area contributed by atoms with Gasteiger partial charge in [0.05, 0.1) is 0 Å². The molecule has 0 amide bonds. The topological polar surface area (TPSA) is 3.24 Å². The Balaban J connectivity index is 2.60. The Bertz CT molecular complexity index is 338. The van der Waals surface area contributed by atoms with Crippen molar-refractivity contribution in [3.63, 3.8) is 0 Å². The number of halogens is 2. The van der Waals surface area contributed by atoms with Crippen LogP contribution >= 0.6 is 27.5 Å². The van der Waals surface area contributed by atoms with Crippen LogP contribution in [0.4, 0.5) is 0 Å². The average Bonchev–Trinajstić information content (AvgIpc) is 2.39. The van der Waals surface area contributed by atoms with E-state index in [1.54, 1.807) is 0 Å². The Kier molecular flexibility index (Phi) is 6.68. The summed E-state index contributed by atoms with van der Waals surface area (Å²) in [5.41, 5.74) is 1.71. The highest BCUT2D eigenvalue weighted by molar-refractivity contribution is 9.09. The van der Waals surface area contributed by atoms with Crippen molar-refractivity contribution < 1.29 is 0 Å². The number of hydrogen-bond acceptors (Lipinski definition) is 1. The molecule has 1 aromatic rings. The quantitative estimate of drug-likeness (QED) is 0.637. The van der Waals surface area contributed by atoms with Crippen LogP contribution in [0.2, 0.25) is 5.02 Å². The first-order valence-electron chi connectivity index (χ1n) is 6.54. The molecule has 1 nitrogen and oxygen atoms in total. The van der Waals surface area contributed by atoms with Gasteiger partial charge in [-0.15, -0.1) is 0 Å². The summed E-state index contributed by atoms with van der Waals surface area (Å²) >= 11 is 9.57. The summed E-state index contributed by atoms with van der Waals surface area (Å²) < 4.78 is 0. The lowest BCUT2D eigenvalue weighted by Gasteiger charge is -2.34. The molecule has 1 aromatic carbocycles. The van der Waals surface area contributed by atoms with E-state index in [1.165, 1.54) is 18.4 Å². The predicted molar refractivity (Wildman–Crippen MR) is 84.6 cm³/mol. The van der Waals surface area contributed by atoms with E-state index in [0.717, 1.165) is 23.4 Å². The summed E-state index contributed by atoms with van der Waals surface area (Å²) in [7, 11) is 2.19. The second kappa shape index (κ2) is 7.52. The van der Waals surface area contributed by atoms with Gasteiger partial charge in [-0.05, 0) is 43.0 Å². The van der Waals surface area contributed by atoms with E-state index in [9.17, 15) is 0 Å². The van der Waals surface area contributed by atoms with Crippen LogP contribution in [0.1, 0.15) is 32.3 Å². The molecule has 0 N–H and O–H groups in total. The smallest absolute Gasteiger partial charge is 0.0406 e. The summed E-state index contributed by atoms with van der Waals surface area (Å²) in [6, 6.07) is 8.13. The Morgan fingerprint density at radius 3 is 2.17 bits per heavy atom. The number of hydrogen-bond donors (Lipinski definition) is 0. The third-order valence-electron chi connectivity index (χ3n) is 3.75. The number of rotatable bonds is 7. The third-order valence-corrected chi connectivity index (χ3v) is 5.20. The van der Waals surface area contributed by atoms with Crippen LogP contribution < -0.4 is 0 Å². The Morgan fingerprint density at radius 1 is 1.17 bits per heavy atom. The normalized spacial score (nSPS) is 12.1. The predicted octanol–water partition coefficient (Wildman–Crippen LogP) is 4.97. The average molecular weight is 333 g/mol. The van der Waals surface area contributed by atoms with Crippen LogP contribution in [0.15, 0.2) is 24.3 Å². The fourth-order valence-corrected chi connectivity index (χ4v) is 3.33. The largest absolute Gasteiger partial charge is 0.302 e. The third kappa shape index (κ3) is 4.56. The molecule has 0 spiro atoms. The zero-order valence-corrected chi connectivity index (χ0v) is 13.9. The molecular formula is C15H23BrClN. The van der Waals surface area contributed by atoms with Gasteiger partial charge >= 0.3 is 0 Å². The second-order valence-electron chi connectivity index (χ2n) is 5.14. The molecule has 0 bridgehead atoms. The Hall–Kier alpha value is -0.0500. The van der Waals surface area contributed by atoms with Crippen molar-refractivity contribution in [1.29, 1.82) is 0 Å². The molecule has 102 valence electrons.